The monoisotopic (exact) mass is 182 g/mol. The SMILES string of the molecule is CCO[n+]1ccc(C(=O)OC)cc1. The van der Waals surface area contributed by atoms with Crippen LogP contribution in [0.15, 0.2) is 24.5 Å². The van der Waals surface area contributed by atoms with Gasteiger partial charge in [0, 0.05) is 16.9 Å². The zero-order chi connectivity index (χ0) is 9.68. The molecule has 0 aromatic carbocycles. The number of hydrogen-bond acceptors (Lipinski definition) is 3. The topological polar surface area (TPSA) is 39.4 Å². The van der Waals surface area contributed by atoms with Gasteiger partial charge < -0.3 is 4.74 Å². The van der Waals surface area contributed by atoms with Gasteiger partial charge in [0.05, 0.1) is 12.7 Å². The number of rotatable bonds is 3. The number of nitrogens with zero attached hydrogens (tertiary/aromatic N) is 1. The number of aromatic nitrogens is 1. The predicted molar refractivity (Wildman–Crippen MR) is 45.1 cm³/mol. The Morgan fingerprint density at radius 1 is 1.46 bits per heavy atom. The predicted octanol–water partition coefficient (Wildman–Crippen LogP) is 0.209. The summed E-state index contributed by atoms with van der Waals surface area (Å²) in [6.07, 6.45) is 3.32. The summed E-state index contributed by atoms with van der Waals surface area (Å²) in [7, 11) is 1.35. The van der Waals surface area contributed by atoms with Crippen molar-refractivity contribution in [1.29, 1.82) is 0 Å². The van der Waals surface area contributed by atoms with Gasteiger partial charge in [0.15, 0.2) is 6.61 Å². The second-order valence-electron chi connectivity index (χ2n) is 2.36. The molecule has 0 amide bonds. The van der Waals surface area contributed by atoms with Gasteiger partial charge >= 0.3 is 5.97 Å². The van der Waals surface area contributed by atoms with E-state index in [1.54, 1.807) is 24.5 Å². The minimum absolute atomic E-state index is 0.344. The van der Waals surface area contributed by atoms with E-state index in [9.17, 15) is 4.79 Å². The number of pyridine rings is 1. The minimum atomic E-state index is -0.344. The minimum Gasteiger partial charge on any atom is -0.465 e. The van der Waals surface area contributed by atoms with Crippen LogP contribution in [-0.4, -0.2) is 19.7 Å². The van der Waals surface area contributed by atoms with E-state index in [2.05, 4.69) is 4.74 Å². The van der Waals surface area contributed by atoms with E-state index in [1.807, 2.05) is 6.92 Å². The normalized spacial score (nSPS) is 9.38. The van der Waals surface area contributed by atoms with Crippen LogP contribution in [0.3, 0.4) is 0 Å². The van der Waals surface area contributed by atoms with Crippen molar-refractivity contribution in [2.75, 3.05) is 13.7 Å². The Kier molecular flexibility index (Phi) is 3.25. The summed E-state index contributed by atoms with van der Waals surface area (Å²) < 4.78 is 6.08. The summed E-state index contributed by atoms with van der Waals surface area (Å²) in [5.74, 6) is -0.344. The molecule has 1 aromatic rings. The van der Waals surface area contributed by atoms with Crippen LogP contribution in [0.25, 0.3) is 0 Å². The molecule has 13 heavy (non-hydrogen) atoms. The quantitative estimate of drug-likeness (QED) is 0.495. The number of ether oxygens (including phenoxy) is 1. The Morgan fingerprint density at radius 3 is 2.54 bits per heavy atom. The molecule has 0 saturated carbocycles. The maximum atomic E-state index is 11.0. The van der Waals surface area contributed by atoms with E-state index in [0.717, 1.165) is 0 Å². The molecule has 1 rings (SSSR count). The summed E-state index contributed by atoms with van der Waals surface area (Å²) in [6.45, 7) is 2.48. The van der Waals surface area contributed by atoms with Crippen molar-refractivity contribution in [3.63, 3.8) is 0 Å². The highest BCUT2D eigenvalue weighted by molar-refractivity contribution is 5.88. The lowest BCUT2D eigenvalue weighted by Crippen LogP contribution is -2.41. The van der Waals surface area contributed by atoms with Crippen LogP contribution in [0.1, 0.15) is 17.3 Å². The second-order valence-corrected chi connectivity index (χ2v) is 2.36. The number of hydrogen-bond donors (Lipinski definition) is 0. The molecule has 70 valence electrons. The van der Waals surface area contributed by atoms with Crippen molar-refractivity contribution >= 4 is 5.97 Å². The molecule has 0 N–H and O–H groups in total. The van der Waals surface area contributed by atoms with Gasteiger partial charge in [-0.25, -0.2) is 4.79 Å². The highest BCUT2D eigenvalue weighted by Gasteiger charge is 2.07. The van der Waals surface area contributed by atoms with Gasteiger partial charge in [-0.3, -0.25) is 4.84 Å². The Labute approximate surface area is 76.7 Å². The van der Waals surface area contributed by atoms with Crippen molar-refractivity contribution < 1.29 is 19.1 Å². The molecule has 4 nitrogen and oxygen atoms in total. The summed E-state index contributed by atoms with van der Waals surface area (Å²) >= 11 is 0. The molecule has 0 atom stereocenters. The maximum Gasteiger partial charge on any atom is 0.338 e. The summed E-state index contributed by atoms with van der Waals surface area (Å²) in [5.41, 5.74) is 0.512. The van der Waals surface area contributed by atoms with Gasteiger partial charge in [-0.1, -0.05) is 0 Å². The number of carbonyl (C=O) groups is 1. The van der Waals surface area contributed by atoms with E-state index in [4.69, 9.17) is 4.84 Å². The number of carbonyl (C=O) groups excluding carboxylic acids is 1. The lowest BCUT2D eigenvalue weighted by Gasteiger charge is -1.97. The van der Waals surface area contributed by atoms with Crippen molar-refractivity contribution in [3.8, 4) is 0 Å². The Morgan fingerprint density at radius 2 is 2.08 bits per heavy atom. The Hall–Kier alpha value is -1.58. The van der Waals surface area contributed by atoms with Gasteiger partial charge in [-0.2, -0.15) is 0 Å². The molecular weight excluding hydrogens is 170 g/mol. The molecule has 0 aliphatic rings. The Balaban J connectivity index is 2.75. The van der Waals surface area contributed by atoms with Gasteiger partial charge in [0.25, 0.3) is 0 Å². The third-order valence-electron chi connectivity index (χ3n) is 1.50. The smallest absolute Gasteiger partial charge is 0.338 e. The maximum absolute atomic E-state index is 11.0. The third-order valence-corrected chi connectivity index (χ3v) is 1.50. The van der Waals surface area contributed by atoms with Gasteiger partial charge in [0.1, 0.15) is 0 Å². The summed E-state index contributed by atoms with van der Waals surface area (Å²) in [4.78, 5) is 16.1. The van der Waals surface area contributed by atoms with Crippen LogP contribution in [0.5, 0.6) is 0 Å². The largest absolute Gasteiger partial charge is 0.465 e. The molecule has 1 heterocycles. The highest BCUT2D eigenvalue weighted by Crippen LogP contribution is 1.96. The summed E-state index contributed by atoms with van der Waals surface area (Å²) in [5, 5.41) is 0. The van der Waals surface area contributed by atoms with Crippen molar-refractivity contribution in [2.45, 2.75) is 6.92 Å². The fourth-order valence-corrected chi connectivity index (χ4v) is 0.902. The fraction of sp³-hybridized carbons (Fsp3) is 0.333. The van der Waals surface area contributed by atoms with E-state index in [-0.39, 0.29) is 5.97 Å². The van der Waals surface area contributed by atoms with E-state index in [0.29, 0.717) is 12.2 Å². The van der Waals surface area contributed by atoms with Crippen molar-refractivity contribution in [2.24, 2.45) is 0 Å². The molecule has 0 bridgehead atoms. The Bertz CT molecular complexity index is 281. The molecule has 0 fully saturated rings. The molecule has 0 saturated heterocycles. The van der Waals surface area contributed by atoms with Crippen LogP contribution in [0, 0.1) is 0 Å². The molecule has 0 aliphatic carbocycles. The lowest BCUT2D eigenvalue weighted by molar-refractivity contribution is -0.891. The first kappa shape index (κ1) is 9.51. The van der Waals surface area contributed by atoms with E-state index >= 15 is 0 Å². The van der Waals surface area contributed by atoms with Crippen LogP contribution in [0.4, 0.5) is 0 Å². The standard InChI is InChI=1S/C9H12NO3/c1-3-13-10-6-4-8(5-7-10)9(11)12-2/h4-7H,3H2,1-2H3/q+1. The molecule has 0 radical (unpaired) electrons. The first-order chi connectivity index (χ1) is 6.27. The van der Waals surface area contributed by atoms with Gasteiger partial charge in [-0.15, -0.1) is 0 Å². The average molecular weight is 182 g/mol. The molecule has 1 aromatic heterocycles. The van der Waals surface area contributed by atoms with Crippen LogP contribution in [-0.2, 0) is 4.74 Å². The first-order valence-electron chi connectivity index (χ1n) is 4.01. The average Bonchev–Trinajstić information content (AvgIpc) is 2.18. The van der Waals surface area contributed by atoms with Crippen LogP contribution < -0.4 is 9.57 Å². The number of methoxy groups -OCH3 is 1. The van der Waals surface area contributed by atoms with Crippen molar-refractivity contribution in [1.82, 2.24) is 0 Å². The highest BCUT2D eigenvalue weighted by atomic mass is 16.7. The number of esters is 1. The fourth-order valence-electron chi connectivity index (χ4n) is 0.902. The van der Waals surface area contributed by atoms with Crippen molar-refractivity contribution in [3.05, 3.63) is 30.1 Å². The summed E-state index contributed by atoms with van der Waals surface area (Å²) in [6, 6.07) is 3.28. The molecule has 0 aliphatic heterocycles. The van der Waals surface area contributed by atoms with Gasteiger partial charge in [0.2, 0.25) is 12.4 Å². The zero-order valence-corrected chi connectivity index (χ0v) is 7.69. The molecule has 4 heteroatoms. The van der Waals surface area contributed by atoms with Crippen LogP contribution >= 0.6 is 0 Å². The third kappa shape index (κ3) is 2.43. The van der Waals surface area contributed by atoms with E-state index in [1.165, 1.54) is 11.8 Å². The van der Waals surface area contributed by atoms with Crippen LogP contribution in [0.2, 0.25) is 0 Å². The second kappa shape index (κ2) is 4.45. The molecule has 0 unspecified atom stereocenters. The van der Waals surface area contributed by atoms with Gasteiger partial charge in [-0.05, 0) is 6.92 Å². The molecular formula is C9H12NO3+. The first-order valence-corrected chi connectivity index (χ1v) is 4.01. The van der Waals surface area contributed by atoms with E-state index < -0.39 is 0 Å². The lowest BCUT2D eigenvalue weighted by atomic mass is 10.3. The zero-order valence-electron chi connectivity index (χ0n) is 7.69. The molecule has 0 spiro atoms.